The maximum absolute atomic E-state index is 9.21. The van der Waals surface area contributed by atoms with Gasteiger partial charge in [-0.25, -0.2) is 0 Å². The standard InChI is InChI=1S/C12H11BrO2/c13-12(8-6-10(14)7-9-12)15-11-4-2-1-3-5-11/h1-8,14H,9H2. The first-order chi connectivity index (χ1) is 7.18. The van der Waals surface area contributed by atoms with Gasteiger partial charge in [0.1, 0.15) is 11.5 Å². The molecule has 1 aliphatic rings. The second kappa shape index (κ2) is 4.11. The number of aliphatic hydroxyl groups excluding tert-OH is 1. The lowest BCUT2D eigenvalue weighted by molar-refractivity contribution is 0.221. The lowest BCUT2D eigenvalue weighted by atomic mass is 10.1. The van der Waals surface area contributed by atoms with Crippen LogP contribution in [0, 0.1) is 0 Å². The molecule has 1 N–H and O–H groups in total. The summed E-state index contributed by atoms with van der Waals surface area (Å²) in [4.78, 5) is 0. The van der Waals surface area contributed by atoms with E-state index in [-0.39, 0.29) is 5.76 Å². The first-order valence-electron chi connectivity index (χ1n) is 4.69. The smallest absolute Gasteiger partial charge is 0.185 e. The second-order valence-electron chi connectivity index (χ2n) is 3.37. The highest BCUT2D eigenvalue weighted by Gasteiger charge is 2.26. The predicted octanol–water partition coefficient (Wildman–Crippen LogP) is 3.56. The third kappa shape index (κ3) is 2.63. The molecule has 0 bridgehead atoms. The Hall–Kier alpha value is -1.22. The van der Waals surface area contributed by atoms with Crippen molar-refractivity contribution in [3.63, 3.8) is 0 Å². The molecule has 0 radical (unpaired) electrons. The van der Waals surface area contributed by atoms with Crippen LogP contribution < -0.4 is 4.74 Å². The molecule has 1 atom stereocenters. The van der Waals surface area contributed by atoms with Gasteiger partial charge in [0.25, 0.3) is 0 Å². The number of rotatable bonds is 2. The highest BCUT2D eigenvalue weighted by molar-refractivity contribution is 9.10. The normalized spacial score (nSPS) is 24.7. The molecule has 1 aromatic rings. The van der Waals surface area contributed by atoms with Crippen molar-refractivity contribution in [3.05, 3.63) is 54.3 Å². The Morgan fingerprint density at radius 2 is 2.00 bits per heavy atom. The van der Waals surface area contributed by atoms with Crippen LogP contribution in [-0.2, 0) is 0 Å². The van der Waals surface area contributed by atoms with Crippen molar-refractivity contribution in [2.45, 2.75) is 10.9 Å². The van der Waals surface area contributed by atoms with Gasteiger partial charge in [-0.3, -0.25) is 0 Å². The fourth-order valence-electron chi connectivity index (χ4n) is 1.35. The van der Waals surface area contributed by atoms with E-state index in [0.29, 0.717) is 6.42 Å². The van der Waals surface area contributed by atoms with E-state index in [0.717, 1.165) is 5.75 Å². The van der Waals surface area contributed by atoms with E-state index in [2.05, 4.69) is 15.9 Å². The molecule has 1 unspecified atom stereocenters. The number of halogens is 1. The van der Waals surface area contributed by atoms with Crippen LogP contribution in [0.2, 0.25) is 0 Å². The number of allylic oxidation sites excluding steroid dienone is 1. The fourth-order valence-corrected chi connectivity index (χ4v) is 1.83. The minimum absolute atomic E-state index is 0.279. The van der Waals surface area contributed by atoms with Gasteiger partial charge in [0.05, 0.1) is 0 Å². The summed E-state index contributed by atoms with van der Waals surface area (Å²) in [5.74, 6) is 1.08. The minimum Gasteiger partial charge on any atom is -0.508 e. The minimum atomic E-state index is -0.541. The molecule has 78 valence electrons. The SMILES string of the molecule is OC1=CCC(Br)(Oc2ccccc2)C=C1. The second-order valence-corrected chi connectivity index (χ2v) is 4.71. The maximum atomic E-state index is 9.21. The average Bonchev–Trinajstić information content (AvgIpc) is 2.24. The van der Waals surface area contributed by atoms with Crippen LogP contribution in [0.25, 0.3) is 0 Å². The van der Waals surface area contributed by atoms with Gasteiger partial charge < -0.3 is 9.84 Å². The van der Waals surface area contributed by atoms with Crippen molar-refractivity contribution in [1.82, 2.24) is 0 Å². The summed E-state index contributed by atoms with van der Waals surface area (Å²) in [7, 11) is 0. The molecular weight excluding hydrogens is 256 g/mol. The molecule has 1 aromatic carbocycles. The molecule has 15 heavy (non-hydrogen) atoms. The van der Waals surface area contributed by atoms with E-state index in [1.807, 2.05) is 30.3 Å². The van der Waals surface area contributed by atoms with E-state index < -0.39 is 4.51 Å². The molecule has 0 saturated carbocycles. The van der Waals surface area contributed by atoms with Crippen molar-refractivity contribution < 1.29 is 9.84 Å². The first-order valence-corrected chi connectivity index (χ1v) is 5.49. The Bertz CT molecular complexity index is 397. The Kier molecular flexibility index (Phi) is 2.82. The van der Waals surface area contributed by atoms with Crippen LogP contribution in [0.1, 0.15) is 6.42 Å². The van der Waals surface area contributed by atoms with Crippen molar-refractivity contribution in [1.29, 1.82) is 0 Å². The number of hydrogen-bond donors (Lipinski definition) is 1. The molecule has 0 aromatic heterocycles. The van der Waals surface area contributed by atoms with E-state index in [1.54, 1.807) is 18.2 Å². The first kappa shape index (κ1) is 10.3. The van der Waals surface area contributed by atoms with Gasteiger partial charge in [0.2, 0.25) is 0 Å². The number of benzene rings is 1. The van der Waals surface area contributed by atoms with Gasteiger partial charge in [-0.05, 0) is 46.3 Å². The van der Waals surface area contributed by atoms with Crippen LogP contribution in [0.15, 0.2) is 54.3 Å². The van der Waals surface area contributed by atoms with E-state index in [9.17, 15) is 5.11 Å². The van der Waals surface area contributed by atoms with Gasteiger partial charge in [0, 0.05) is 6.42 Å². The summed E-state index contributed by atoms with van der Waals surface area (Å²) < 4.78 is 5.22. The van der Waals surface area contributed by atoms with Crippen LogP contribution in [0.4, 0.5) is 0 Å². The number of para-hydroxylation sites is 1. The van der Waals surface area contributed by atoms with Crippen molar-refractivity contribution in [3.8, 4) is 5.75 Å². The highest BCUT2D eigenvalue weighted by Crippen LogP contribution is 2.32. The van der Waals surface area contributed by atoms with Gasteiger partial charge >= 0.3 is 0 Å². The van der Waals surface area contributed by atoms with E-state index in [4.69, 9.17) is 4.74 Å². The van der Waals surface area contributed by atoms with Gasteiger partial charge in [-0.2, -0.15) is 0 Å². The Morgan fingerprint density at radius 3 is 2.60 bits per heavy atom. The van der Waals surface area contributed by atoms with Crippen molar-refractivity contribution in [2.75, 3.05) is 0 Å². The summed E-state index contributed by atoms with van der Waals surface area (Å²) in [6.07, 6.45) is 5.75. The molecule has 1 aliphatic carbocycles. The quantitative estimate of drug-likeness (QED) is 0.830. The molecule has 0 fully saturated rings. The molecule has 2 nitrogen and oxygen atoms in total. The predicted molar refractivity (Wildman–Crippen MR) is 63.2 cm³/mol. The van der Waals surface area contributed by atoms with Crippen molar-refractivity contribution in [2.24, 2.45) is 0 Å². The molecule has 0 aliphatic heterocycles. The van der Waals surface area contributed by atoms with Gasteiger partial charge in [0.15, 0.2) is 4.51 Å². The van der Waals surface area contributed by atoms with Gasteiger partial charge in [-0.1, -0.05) is 18.2 Å². The molecule has 0 heterocycles. The molecule has 2 rings (SSSR count). The molecule has 0 amide bonds. The fraction of sp³-hybridized carbons (Fsp3) is 0.167. The zero-order valence-electron chi connectivity index (χ0n) is 8.06. The third-order valence-electron chi connectivity index (χ3n) is 2.12. The van der Waals surface area contributed by atoms with Crippen LogP contribution in [0.5, 0.6) is 5.75 Å². The largest absolute Gasteiger partial charge is 0.508 e. The van der Waals surface area contributed by atoms with Crippen LogP contribution >= 0.6 is 15.9 Å². The molecule has 0 spiro atoms. The van der Waals surface area contributed by atoms with Crippen LogP contribution in [-0.4, -0.2) is 9.62 Å². The van der Waals surface area contributed by atoms with Gasteiger partial charge in [-0.15, -0.1) is 0 Å². The lowest BCUT2D eigenvalue weighted by Crippen LogP contribution is -2.26. The monoisotopic (exact) mass is 266 g/mol. The highest BCUT2D eigenvalue weighted by atomic mass is 79.9. The summed E-state index contributed by atoms with van der Waals surface area (Å²) in [5, 5.41) is 9.21. The molecule has 3 heteroatoms. The Labute approximate surface area is 97.0 Å². The summed E-state index contributed by atoms with van der Waals surface area (Å²) in [5.41, 5.74) is 0. The summed E-state index contributed by atoms with van der Waals surface area (Å²) in [6, 6.07) is 9.58. The van der Waals surface area contributed by atoms with Crippen molar-refractivity contribution >= 4 is 15.9 Å². The lowest BCUT2D eigenvalue weighted by Gasteiger charge is -2.26. The summed E-state index contributed by atoms with van der Waals surface area (Å²) >= 11 is 3.50. The summed E-state index contributed by atoms with van der Waals surface area (Å²) in [6.45, 7) is 0. The number of alkyl halides is 1. The number of aliphatic hydroxyl groups is 1. The van der Waals surface area contributed by atoms with E-state index >= 15 is 0 Å². The van der Waals surface area contributed by atoms with Crippen LogP contribution in [0.3, 0.4) is 0 Å². The topological polar surface area (TPSA) is 29.5 Å². The van der Waals surface area contributed by atoms with E-state index in [1.165, 1.54) is 0 Å². The molecule has 0 saturated heterocycles. The average molecular weight is 267 g/mol. The zero-order valence-corrected chi connectivity index (χ0v) is 9.65. The number of ether oxygens (including phenoxy) is 1. The number of hydrogen-bond acceptors (Lipinski definition) is 2. The zero-order chi connectivity index (χ0) is 10.7. The molecular formula is C12H11BrO2. The maximum Gasteiger partial charge on any atom is 0.185 e. The Morgan fingerprint density at radius 1 is 1.27 bits per heavy atom. The Balaban J connectivity index is 2.10. The third-order valence-corrected chi connectivity index (χ3v) is 2.87.